The first kappa shape index (κ1) is 22.7. The molecule has 2 rings (SSSR count). The van der Waals surface area contributed by atoms with Gasteiger partial charge in [0.05, 0.1) is 32.5 Å². The third-order valence-corrected chi connectivity index (χ3v) is 4.38. The number of amides is 2. The van der Waals surface area contributed by atoms with Crippen molar-refractivity contribution in [1.82, 2.24) is 5.32 Å². The van der Waals surface area contributed by atoms with E-state index in [4.69, 9.17) is 18.9 Å². The Morgan fingerprint density at radius 1 is 1.21 bits per heavy atom. The average molecular weight is 406 g/mol. The number of rotatable bonds is 10. The van der Waals surface area contributed by atoms with Crippen molar-refractivity contribution in [3.8, 4) is 11.5 Å². The summed E-state index contributed by atoms with van der Waals surface area (Å²) in [5.74, 6) is -0.0638. The molecular weight excluding hydrogens is 376 g/mol. The molecule has 1 aromatic rings. The fraction of sp³-hybridized carbons (Fsp3) is 0.571. The van der Waals surface area contributed by atoms with E-state index in [2.05, 4.69) is 10.3 Å². The molecule has 0 radical (unpaired) electrons. The number of methoxy groups -OCH3 is 1. The molecule has 0 saturated heterocycles. The minimum Gasteiger partial charge on any atom is -0.493 e. The van der Waals surface area contributed by atoms with Crippen LogP contribution in [-0.4, -0.2) is 50.7 Å². The number of nitrogens with one attached hydrogen (secondary N) is 1. The first-order valence-electron chi connectivity index (χ1n) is 9.82. The Morgan fingerprint density at radius 2 is 1.97 bits per heavy atom. The molecule has 0 aliphatic carbocycles. The maximum atomic E-state index is 12.7. The van der Waals surface area contributed by atoms with E-state index in [-0.39, 0.29) is 12.7 Å². The number of esters is 1. The molecule has 2 amide bonds. The normalized spacial score (nSPS) is 18.8. The monoisotopic (exact) mass is 406 g/mol. The van der Waals surface area contributed by atoms with Crippen LogP contribution in [0.5, 0.6) is 11.5 Å². The predicted molar refractivity (Wildman–Crippen MR) is 109 cm³/mol. The molecule has 0 fully saturated rings. The van der Waals surface area contributed by atoms with Gasteiger partial charge in [0.1, 0.15) is 12.5 Å². The van der Waals surface area contributed by atoms with E-state index < -0.39 is 24.0 Å². The van der Waals surface area contributed by atoms with Crippen LogP contribution >= 0.6 is 0 Å². The number of urea groups is 1. The van der Waals surface area contributed by atoms with E-state index in [1.54, 1.807) is 32.2 Å². The van der Waals surface area contributed by atoms with Gasteiger partial charge in [-0.3, -0.25) is 4.79 Å². The van der Waals surface area contributed by atoms with Crippen LogP contribution < -0.4 is 14.8 Å². The lowest BCUT2D eigenvalue weighted by molar-refractivity contribution is -0.149. The van der Waals surface area contributed by atoms with Crippen LogP contribution in [0.4, 0.5) is 4.79 Å². The molecule has 0 aromatic heterocycles. The third kappa shape index (κ3) is 6.19. The van der Waals surface area contributed by atoms with Crippen LogP contribution in [0.3, 0.4) is 0 Å². The predicted octanol–water partition coefficient (Wildman–Crippen LogP) is 3.29. The fourth-order valence-corrected chi connectivity index (χ4v) is 3.03. The van der Waals surface area contributed by atoms with Gasteiger partial charge in [0.2, 0.25) is 0 Å². The standard InChI is InChI=1S/C21H30N2O6/c1-6-9-28-16-8-7-15(12-17(16)26-5)19-18(14(4)22-21(25)23-19)20(24)29-11-10-27-13(2)3/h7-8,12-13,18-19H,6,9-11H2,1-5H3,(H,23,25). The summed E-state index contributed by atoms with van der Waals surface area (Å²) in [6.45, 7) is 8.49. The van der Waals surface area contributed by atoms with Crippen molar-refractivity contribution in [2.24, 2.45) is 10.9 Å². The van der Waals surface area contributed by atoms with Gasteiger partial charge in [0, 0.05) is 5.71 Å². The van der Waals surface area contributed by atoms with Crippen LogP contribution in [0.25, 0.3) is 0 Å². The zero-order valence-corrected chi connectivity index (χ0v) is 17.7. The van der Waals surface area contributed by atoms with Gasteiger partial charge >= 0.3 is 12.0 Å². The first-order valence-corrected chi connectivity index (χ1v) is 9.82. The highest BCUT2D eigenvalue weighted by Crippen LogP contribution is 2.34. The number of benzene rings is 1. The number of aliphatic imine (C=N–C) groups is 1. The summed E-state index contributed by atoms with van der Waals surface area (Å²) in [6, 6.07) is 4.23. The van der Waals surface area contributed by atoms with Crippen LogP contribution in [0.15, 0.2) is 23.2 Å². The Bertz CT molecular complexity index is 747. The average Bonchev–Trinajstić information content (AvgIpc) is 2.68. The molecule has 2 unspecified atom stereocenters. The number of hydrogen-bond donors (Lipinski definition) is 1. The van der Waals surface area contributed by atoms with E-state index in [1.807, 2.05) is 20.8 Å². The highest BCUT2D eigenvalue weighted by molar-refractivity contribution is 6.08. The van der Waals surface area contributed by atoms with Crippen molar-refractivity contribution < 1.29 is 28.5 Å². The molecule has 1 N–H and O–H groups in total. The Hall–Kier alpha value is -2.61. The lowest BCUT2D eigenvalue weighted by Gasteiger charge is -2.30. The van der Waals surface area contributed by atoms with Crippen molar-refractivity contribution in [2.45, 2.75) is 46.3 Å². The summed E-state index contributed by atoms with van der Waals surface area (Å²) in [6.07, 6.45) is 0.924. The van der Waals surface area contributed by atoms with Gasteiger partial charge in [0.15, 0.2) is 11.5 Å². The second kappa shape index (κ2) is 10.8. The van der Waals surface area contributed by atoms with E-state index in [0.29, 0.717) is 36.0 Å². The maximum absolute atomic E-state index is 12.7. The summed E-state index contributed by atoms with van der Waals surface area (Å²) < 4.78 is 21.9. The molecule has 160 valence electrons. The molecule has 1 heterocycles. The molecule has 1 aromatic carbocycles. The van der Waals surface area contributed by atoms with Gasteiger partial charge < -0.3 is 24.3 Å². The number of nitrogens with zero attached hydrogens (tertiary/aromatic N) is 1. The van der Waals surface area contributed by atoms with E-state index in [1.165, 1.54) is 0 Å². The maximum Gasteiger partial charge on any atom is 0.341 e. The van der Waals surface area contributed by atoms with E-state index in [0.717, 1.165) is 6.42 Å². The van der Waals surface area contributed by atoms with E-state index >= 15 is 0 Å². The highest BCUT2D eigenvalue weighted by Gasteiger charge is 2.38. The summed E-state index contributed by atoms with van der Waals surface area (Å²) in [7, 11) is 1.55. The Kier molecular flexibility index (Phi) is 8.45. The van der Waals surface area contributed by atoms with Crippen molar-refractivity contribution in [3.63, 3.8) is 0 Å². The molecule has 1 aliphatic rings. The van der Waals surface area contributed by atoms with Gasteiger partial charge in [-0.1, -0.05) is 13.0 Å². The number of hydrogen-bond acceptors (Lipinski definition) is 6. The number of carbonyl (C=O) groups excluding carboxylic acids is 2. The van der Waals surface area contributed by atoms with Crippen LogP contribution in [0.2, 0.25) is 0 Å². The van der Waals surface area contributed by atoms with Crippen molar-refractivity contribution in [1.29, 1.82) is 0 Å². The van der Waals surface area contributed by atoms with Gasteiger partial charge in [-0.05, 0) is 44.9 Å². The summed E-state index contributed by atoms with van der Waals surface area (Å²) in [5, 5.41) is 2.76. The molecular formula is C21H30N2O6. The molecule has 0 saturated carbocycles. The Labute approximate surface area is 171 Å². The number of ether oxygens (including phenoxy) is 4. The van der Waals surface area contributed by atoms with E-state index in [9.17, 15) is 9.59 Å². The Balaban J connectivity index is 2.22. The molecule has 1 aliphatic heterocycles. The summed E-state index contributed by atoms with van der Waals surface area (Å²) in [5.41, 5.74) is 1.10. The van der Waals surface area contributed by atoms with Crippen molar-refractivity contribution in [3.05, 3.63) is 23.8 Å². The molecule has 0 bridgehead atoms. The van der Waals surface area contributed by atoms with Gasteiger partial charge in [-0.15, -0.1) is 0 Å². The largest absolute Gasteiger partial charge is 0.493 e. The lowest BCUT2D eigenvalue weighted by atomic mass is 9.88. The fourth-order valence-electron chi connectivity index (χ4n) is 3.03. The van der Waals surface area contributed by atoms with Gasteiger partial charge in [0.25, 0.3) is 0 Å². The Morgan fingerprint density at radius 3 is 2.62 bits per heavy atom. The molecule has 2 atom stereocenters. The zero-order chi connectivity index (χ0) is 21.4. The second-order valence-electron chi connectivity index (χ2n) is 7.00. The minimum atomic E-state index is -0.737. The molecule has 0 spiro atoms. The molecule has 29 heavy (non-hydrogen) atoms. The SMILES string of the molecule is CCCOc1ccc(C2NC(=O)N=C(C)C2C(=O)OCCOC(C)C)cc1OC. The van der Waals surface area contributed by atoms with Crippen molar-refractivity contribution >= 4 is 17.7 Å². The lowest BCUT2D eigenvalue weighted by Crippen LogP contribution is -2.44. The molecule has 8 heteroatoms. The first-order chi connectivity index (χ1) is 13.9. The summed E-state index contributed by atoms with van der Waals surface area (Å²) >= 11 is 0. The minimum absolute atomic E-state index is 0.0552. The topological polar surface area (TPSA) is 95.5 Å². The van der Waals surface area contributed by atoms with Gasteiger partial charge in [-0.2, -0.15) is 0 Å². The summed E-state index contributed by atoms with van der Waals surface area (Å²) in [4.78, 5) is 28.6. The second-order valence-corrected chi connectivity index (χ2v) is 7.00. The number of carbonyl (C=O) groups is 2. The van der Waals surface area contributed by atoms with Crippen LogP contribution in [0, 0.1) is 5.92 Å². The molecule has 8 nitrogen and oxygen atoms in total. The van der Waals surface area contributed by atoms with Crippen molar-refractivity contribution in [2.75, 3.05) is 26.9 Å². The quantitative estimate of drug-likeness (QED) is 0.473. The van der Waals surface area contributed by atoms with Crippen LogP contribution in [0.1, 0.15) is 45.7 Å². The highest BCUT2D eigenvalue weighted by atomic mass is 16.6. The third-order valence-electron chi connectivity index (χ3n) is 4.38. The van der Waals surface area contributed by atoms with Gasteiger partial charge in [-0.25, -0.2) is 9.79 Å². The smallest absolute Gasteiger partial charge is 0.341 e. The zero-order valence-electron chi connectivity index (χ0n) is 17.7. The van der Waals surface area contributed by atoms with Crippen LogP contribution in [-0.2, 0) is 14.3 Å².